The number of phosphoric acid groups is 1. The van der Waals surface area contributed by atoms with Gasteiger partial charge in [0.1, 0.15) is 18.9 Å². The van der Waals surface area contributed by atoms with Crippen LogP contribution in [-0.2, 0) is 13.6 Å². The van der Waals surface area contributed by atoms with Gasteiger partial charge in [-0.2, -0.15) is 0 Å². The van der Waals surface area contributed by atoms with Gasteiger partial charge in [0, 0.05) is 29.8 Å². The summed E-state index contributed by atoms with van der Waals surface area (Å²) in [6, 6.07) is 1.84. The number of aryl methyl sites for hydroxylation is 2. The number of likely N-dealkylation sites (N-methyl/N-ethyl adjacent to an activating group) is 1. The first-order valence-corrected chi connectivity index (χ1v) is 16.3. The Morgan fingerprint density at radius 2 is 1.48 bits per heavy atom. The van der Waals surface area contributed by atoms with E-state index in [1.165, 1.54) is 8.96 Å². The number of hydrogen-bond donors (Lipinski definition) is 0. The Hall–Kier alpha value is -1.58. The molecule has 1 aromatic heterocycles. The molecule has 3 heterocycles. The van der Waals surface area contributed by atoms with E-state index in [-0.39, 0.29) is 13.2 Å². The first kappa shape index (κ1) is 32.9. The van der Waals surface area contributed by atoms with Crippen LogP contribution >= 0.6 is 7.82 Å². The van der Waals surface area contributed by atoms with Gasteiger partial charge in [0.05, 0.1) is 27.7 Å². The molecular formula is C29H49BF2N3O4P. The van der Waals surface area contributed by atoms with E-state index in [1.807, 2.05) is 54.1 Å². The monoisotopic (exact) mass is 583 g/mol. The molecular weight excluding hydrogens is 534 g/mol. The average Bonchev–Trinajstić information content (AvgIpc) is 3.26. The normalized spacial score (nSPS) is 18.2. The van der Waals surface area contributed by atoms with E-state index in [9.17, 15) is 9.46 Å². The largest absolute Gasteiger partial charge is 0.756 e. The molecule has 0 fully saturated rings. The molecule has 7 nitrogen and oxygen atoms in total. The number of quaternary nitrogens is 1. The SMILES string of the molecule is CC1=C(CCCCCCCCCCCOP(=O)([O-])OCC[N+](C)(C)C)C(C)=[N+]2C1=Cc1c(C)cc(C)n1[B-]2(F)F. The average molecular weight is 584 g/mol. The second kappa shape index (κ2) is 13.6. The molecule has 11 heteroatoms. The van der Waals surface area contributed by atoms with Crippen LogP contribution in [0.5, 0.6) is 0 Å². The van der Waals surface area contributed by atoms with Crippen molar-refractivity contribution < 1.29 is 36.1 Å². The van der Waals surface area contributed by atoms with Gasteiger partial charge in [0.15, 0.2) is 5.70 Å². The lowest BCUT2D eigenvalue weighted by Gasteiger charge is -2.30. The minimum Gasteiger partial charge on any atom is -0.756 e. The summed E-state index contributed by atoms with van der Waals surface area (Å²) in [4.78, 5) is 11.8. The lowest BCUT2D eigenvalue weighted by atomic mass is 9.89. The fourth-order valence-electron chi connectivity index (χ4n) is 5.84. The van der Waals surface area contributed by atoms with Crippen LogP contribution < -0.4 is 4.89 Å². The third-order valence-electron chi connectivity index (χ3n) is 8.09. The molecule has 0 amide bonds. The van der Waals surface area contributed by atoms with Gasteiger partial charge in [-0.1, -0.05) is 44.9 Å². The van der Waals surface area contributed by atoms with Crippen molar-refractivity contribution in [2.75, 3.05) is 40.9 Å². The van der Waals surface area contributed by atoms with Crippen LogP contribution in [0.1, 0.15) is 95.0 Å². The van der Waals surface area contributed by atoms with Crippen molar-refractivity contribution in [2.24, 2.45) is 0 Å². The Bertz CT molecular complexity index is 1200. The van der Waals surface area contributed by atoms with E-state index in [0.717, 1.165) is 74.5 Å². The van der Waals surface area contributed by atoms with Gasteiger partial charge < -0.3 is 36.0 Å². The summed E-state index contributed by atoms with van der Waals surface area (Å²) >= 11 is 0. The number of nitrogens with zero attached hydrogens (tertiary/aromatic N) is 3. The first-order chi connectivity index (χ1) is 18.7. The standard InChI is InChI=1S/C29H49BF2N3O4P/c1-23-21-24(2)33-28(23)22-29-25(3)27(26(4)34(29)30(33,31)32)17-15-13-11-9-8-10-12-14-16-19-38-40(36,37)39-20-18-35(5,6)7/h21-22H,8-20H2,1-7H3. The van der Waals surface area contributed by atoms with Gasteiger partial charge in [-0.3, -0.25) is 4.57 Å². The minimum absolute atomic E-state index is 0.126. The Morgan fingerprint density at radius 3 is 2.08 bits per heavy atom. The van der Waals surface area contributed by atoms with Gasteiger partial charge in [0.25, 0.3) is 7.82 Å². The number of hydrogen-bond acceptors (Lipinski definition) is 4. The third kappa shape index (κ3) is 8.25. The van der Waals surface area contributed by atoms with E-state index in [0.29, 0.717) is 40.2 Å². The Morgan fingerprint density at radius 1 is 0.925 bits per heavy atom. The summed E-state index contributed by atoms with van der Waals surface area (Å²) in [5.74, 6) is 0. The summed E-state index contributed by atoms with van der Waals surface area (Å²) in [6.07, 6.45) is 12.1. The molecule has 2 aliphatic rings. The molecule has 1 aromatic rings. The summed E-state index contributed by atoms with van der Waals surface area (Å²) < 4.78 is 56.1. The first-order valence-electron chi connectivity index (χ1n) is 14.8. The quantitative estimate of drug-likeness (QED) is 0.0898. The van der Waals surface area contributed by atoms with Crippen molar-refractivity contribution in [1.29, 1.82) is 0 Å². The molecule has 3 rings (SSSR count). The Kier molecular flexibility index (Phi) is 11.2. The molecule has 0 spiro atoms. The van der Waals surface area contributed by atoms with Crippen molar-refractivity contribution in [3.63, 3.8) is 0 Å². The van der Waals surface area contributed by atoms with Crippen LogP contribution in [0.15, 0.2) is 22.9 Å². The van der Waals surface area contributed by atoms with E-state index >= 15 is 8.63 Å². The van der Waals surface area contributed by atoms with Gasteiger partial charge in [0.2, 0.25) is 0 Å². The van der Waals surface area contributed by atoms with E-state index < -0.39 is 14.8 Å². The van der Waals surface area contributed by atoms with Gasteiger partial charge in [-0.05, 0) is 57.4 Å². The van der Waals surface area contributed by atoms with Crippen molar-refractivity contribution >= 4 is 26.6 Å². The molecule has 2 aliphatic heterocycles. The molecule has 226 valence electrons. The zero-order chi connectivity index (χ0) is 29.7. The molecule has 0 saturated heterocycles. The topological polar surface area (TPSA) is 66.5 Å². The number of phosphoric ester groups is 1. The summed E-state index contributed by atoms with van der Waals surface area (Å²) in [5.41, 5.74) is 5.52. The highest BCUT2D eigenvalue weighted by Crippen LogP contribution is 2.40. The molecule has 0 radical (unpaired) electrons. The number of unbranched alkanes of at least 4 members (excludes halogenated alkanes) is 8. The van der Waals surface area contributed by atoms with E-state index in [4.69, 9.17) is 9.05 Å². The number of aromatic nitrogens is 1. The van der Waals surface area contributed by atoms with E-state index in [1.54, 1.807) is 6.92 Å². The summed E-state index contributed by atoms with van der Waals surface area (Å²) in [6.45, 7) is 4.47. The molecule has 0 N–H and O–H groups in total. The Labute approximate surface area is 239 Å². The minimum atomic E-state index is -4.21. The maximum absolute atomic E-state index is 15.6. The highest BCUT2D eigenvalue weighted by atomic mass is 31.2. The van der Waals surface area contributed by atoms with Crippen molar-refractivity contribution in [1.82, 2.24) is 4.48 Å². The predicted octanol–water partition coefficient (Wildman–Crippen LogP) is 6.59. The highest BCUT2D eigenvalue weighted by molar-refractivity contribution is 7.45. The number of allylic oxidation sites excluding steroid dienone is 2. The maximum atomic E-state index is 15.6. The van der Waals surface area contributed by atoms with Crippen LogP contribution in [0.25, 0.3) is 6.08 Å². The number of rotatable bonds is 17. The van der Waals surface area contributed by atoms with E-state index in [2.05, 4.69) is 0 Å². The fraction of sp³-hybridized carbons (Fsp3) is 0.690. The van der Waals surface area contributed by atoms with Crippen LogP contribution in [0, 0.1) is 13.8 Å². The fourth-order valence-corrected chi connectivity index (χ4v) is 6.57. The molecule has 0 aromatic carbocycles. The lowest BCUT2D eigenvalue weighted by molar-refractivity contribution is -0.870. The molecule has 1 unspecified atom stereocenters. The second-order valence-electron chi connectivity index (χ2n) is 12.5. The summed E-state index contributed by atoms with van der Waals surface area (Å²) in [7, 11) is 1.71. The second-order valence-corrected chi connectivity index (χ2v) is 13.9. The van der Waals surface area contributed by atoms with Crippen LogP contribution in [0.2, 0.25) is 0 Å². The zero-order valence-electron chi connectivity index (χ0n) is 25.6. The molecule has 0 aliphatic carbocycles. The Balaban J connectivity index is 1.30. The van der Waals surface area contributed by atoms with Crippen LogP contribution in [-0.4, -0.2) is 67.0 Å². The third-order valence-corrected chi connectivity index (χ3v) is 9.09. The zero-order valence-corrected chi connectivity index (χ0v) is 26.5. The van der Waals surface area contributed by atoms with Gasteiger partial charge in [-0.25, -0.2) is 0 Å². The number of halogens is 2. The van der Waals surface area contributed by atoms with Crippen molar-refractivity contribution in [3.05, 3.63) is 39.9 Å². The smallest absolute Gasteiger partial charge is 0.737 e. The van der Waals surface area contributed by atoms with Crippen molar-refractivity contribution in [2.45, 2.75) is 91.9 Å². The molecule has 0 bridgehead atoms. The maximum Gasteiger partial charge on any atom is 0.737 e. The summed E-state index contributed by atoms with van der Waals surface area (Å²) in [5, 5.41) is 0. The number of fused-ring (bicyclic) bond motifs is 2. The molecule has 40 heavy (non-hydrogen) atoms. The molecule has 1 atom stereocenters. The van der Waals surface area contributed by atoms with Gasteiger partial charge in [-0.15, -0.1) is 0 Å². The molecule has 0 saturated carbocycles. The van der Waals surface area contributed by atoms with Gasteiger partial charge >= 0.3 is 6.97 Å². The van der Waals surface area contributed by atoms with Crippen LogP contribution in [0.4, 0.5) is 8.63 Å². The highest BCUT2D eigenvalue weighted by Gasteiger charge is 2.54. The van der Waals surface area contributed by atoms with Crippen LogP contribution in [0.3, 0.4) is 0 Å². The predicted molar refractivity (Wildman–Crippen MR) is 157 cm³/mol. The lowest BCUT2D eigenvalue weighted by Crippen LogP contribution is -2.50. The van der Waals surface area contributed by atoms with Crippen molar-refractivity contribution in [3.8, 4) is 0 Å².